The predicted molar refractivity (Wildman–Crippen MR) is 126 cm³/mol. The SMILES string of the molecule is COC1=C(n2cnc(CO)c2)C=CC(/C=C2\CCCN3C2=NOC3(C)c2ccc(F)cc2)C=C1. The zero-order valence-electron chi connectivity index (χ0n) is 19.2. The van der Waals surface area contributed by atoms with Crippen LogP contribution in [0.5, 0.6) is 0 Å². The predicted octanol–water partition coefficient (Wildman–Crippen LogP) is 4.31. The van der Waals surface area contributed by atoms with E-state index < -0.39 is 5.72 Å². The molecule has 8 heteroatoms. The third kappa shape index (κ3) is 3.94. The van der Waals surface area contributed by atoms with Crippen LogP contribution in [0, 0.1) is 11.7 Å². The zero-order valence-corrected chi connectivity index (χ0v) is 19.2. The van der Waals surface area contributed by atoms with Crippen LogP contribution in [0.15, 0.2) is 83.7 Å². The van der Waals surface area contributed by atoms with Gasteiger partial charge in [-0.2, -0.15) is 0 Å². The summed E-state index contributed by atoms with van der Waals surface area (Å²) in [4.78, 5) is 12.3. The molecule has 1 fully saturated rings. The molecule has 0 amide bonds. The number of aliphatic hydroxyl groups excluding tert-OH is 1. The number of ether oxygens (including phenoxy) is 1. The highest BCUT2D eigenvalue weighted by Crippen LogP contribution is 2.40. The first-order valence-electron chi connectivity index (χ1n) is 11.3. The third-order valence-electron chi connectivity index (χ3n) is 6.46. The van der Waals surface area contributed by atoms with Gasteiger partial charge in [-0.25, -0.2) is 9.37 Å². The van der Waals surface area contributed by atoms with Gasteiger partial charge in [-0.1, -0.05) is 35.5 Å². The Labute approximate surface area is 197 Å². The molecule has 176 valence electrons. The number of rotatable bonds is 5. The molecule has 1 aromatic carbocycles. The molecule has 2 aromatic rings. The zero-order chi connectivity index (χ0) is 23.7. The molecule has 5 rings (SSSR count). The van der Waals surface area contributed by atoms with Crippen molar-refractivity contribution in [2.24, 2.45) is 11.1 Å². The normalized spacial score (nSPS) is 25.3. The van der Waals surface area contributed by atoms with Crippen LogP contribution >= 0.6 is 0 Å². The molecule has 2 unspecified atom stereocenters. The summed E-state index contributed by atoms with van der Waals surface area (Å²) in [6.07, 6.45) is 15.6. The summed E-state index contributed by atoms with van der Waals surface area (Å²) in [5.74, 6) is 1.28. The van der Waals surface area contributed by atoms with Crippen molar-refractivity contribution in [2.45, 2.75) is 32.1 Å². The maximum Gasteiger partial charge on any atom is 0.234 e. The van der Waals surface area contributed by atoms with E-state index in [0.717, 1.165) is 42.1 Å². The number of benzene rings is 1. The molecule has 1 saturated heterocycles. The van der Waals surface area contributed by atoms with Gasteiger partial charge < -0.3 is 24.1 Å². The molecule has 1 N–H and O–H groups in total. The van der Waals surface area contributed by atoms with Crippen molar-refractivity contribution in [2.75, 3.05) is 13.7 Å². The number of aromatic nitrogens is 2. The first-order chi connectivity index (χ1) is 16.5. The van der Waals surface area contributed by atoms with Gasteiger partial charge in [-0.3, -0.25) is 0 Å². The number of fused-ring (bicyclic) bond motifs is 1. The Morgan fingerprint density at radius 2 is 2.06 bits per heavy atom. The second kappa shape index (κ2) is 8.95. The molecule has 0 saturated carbocycles. The average molecular weight is 463 g/mol. The number of hydrogen-bond donors (Lipinski definition) is 1. The second-order valence-electron chi connectivity index (χ2n) is 8.62. The van der Waals surface area contributed by atoms with Crippen LogP contribution in [0.1, 0.15) is 31.0 Å². The monoisotopic (exact) mass is 462 g/mol. The van der Waals surface area contributed by atoms with E-state index in [1.807, 2.05) is 23.6 Å². The molecule has 34 heavy (non-hydrogen) atoms. The minimum absolute atomic E-state index is 0.0267. The number of methoxy groups -OCH3 is 1. The topological polar surface area (TPSA) is 72.1 Å². The van der Waals surface area contributed by atoms with E-state index in [0.29, 0.717) is 11.5 Å². The number of imidazole rings is 1. The maximum absolute atomic E-state index is 13.5. The Morgan fingerprint density at radius 1 is 1.26 bits per heavy atom. The Balaban J connectivity index is 1.40. The van der Waals surface area contributed by atoms with Gasteiger partial charge in [-0.15, -0.1) is 0 Å². The van der Waals surface area contributed by atoms with Gasteiger partial charge in [0, 0.05) is 31.1 Å². The summed E-state index contributed by atoms with van der Waals surface area (Å²) < 4.78 is 20.9. The average Bonchev–Trinajstić information content (AvgIpc) is 3.41. The van der Waals surface area contributed by atoms with Gasteiger partial charge in [0.1, 0.15) is 11.6 Å². The highest BCUT2D eigenvalue weighted by molar-refractivity contribution is 6.00. The van der Waals surface area contributed by atoms with Crippen molar-refractivity contribution >= 4 is 11.5 Å². The summed E-state index contributed by atoms with van der Waals surface area (Å²) in [5, 5.41) is 13.8. The lowest BCUT2D eigenvalue weighted by atomic mass is 9.94. The lowest BCUT2D eigenvalue weighted by Gasteiger charge is -2.37. The molecule has 1 aromatic heterocycles. The molecule has 0 spiro atoms. The molecular formula is C26H27FN4O3. The molecule has 0 radical (unpaired) electrons. The highest BCUT2D eigenvalue weighted by Gasteiger charge is 2.45. The van der Waals surface area contributed by atoms with Crippen LogP contribution in [-0.4, -0.2) is 39.0 Å². The van der Waals surface area contributed by atoms with Gasteiger partial charge in [0.25, 0.3) is 0 Å². The first kappa shape index (κ1) is 22.2. The van der Waals surface area contributed by atoms with Gasteiger partial charge >= 0.3 is 0 Å². The van der Waals surface area contributed by atoms with Crippen molar-refractivity contribution in [3.63, 3.8) is 0 Å². The second-order valence-corrected chi connectivity index (χ2v) is 8.62. The van der Waals surface area contributed by atoms with E-state index in [1.54, 1.807) is 31.8 Å². The molecule has 3 heterocycles. The number of aliphatic hydroxyl groups is 1. The molecule has 2 atom stereocenters. The fourth-order valence-electron chi connectivity index (χ4n) is 4.59. The highest BCUT2D eigenvalue weighted by atomic mass is 19.1. The van der Waals surface area contributed by atoms with Crippen molar-refractivity contribution in [3.8, 4) is 0 Å². The largest absolute Gasteiger partial charge is 0.495 e. The number of oxime groups is 1. The smallest absolute Gasteiger partial charge is 0.234 e. The van der Waals surface area contributed by atoms with Crippen LogP contribution in [0.2, 0.25) is 0 Å². The van der Waals surface area contributed by atoms with E-state index >= 15 is 0 Å². The fourth-order valence-corrected chi connectivity index (χ4v) is 4.59. The first-order valence-corrected chi connectivity index (χ1v) is 11.3. The fraction of sp³-hybridized carbons (Fsp3) is 0.308. The van der Waals surface area contributed by atoms with Crippen LogP contribution in [0.3, 0.4) is 0 Å². The van der Waals surface area contributed by atoms with E-state index in [4.69, 9.17) is 9.57 Å². The Kier molecular flexibility index (Phi) is 5.83. The lowest BCUT2D eigenvalue weighted by molar-refractivity contribution is -0.0913. The van der Waals surface area contributed by atoms with Crippen LogP contribution in [0.25, 0.3) is 5.70 Å². The standard InChI is InChI=1S/C26H27FN4O3/c1-26(20-7-9-21(27)10-8-20)31-13-3-4-19(25(31)29-34-26)14-18-5-11-23(24(33-2)12-6-18)30-15-22(16-32)28-17-30/h5-12,14-15,17-18,32H,3-4,13,16H2,1-2H3/b19-14+. The number of nitrogens with zero attached hydrogens (tertiary/aromatic N) is 4. The molecule has 0 bridgehead atoms. The Bertz CT molecular complexity index is 1220. The van der Waals surface area contributed by atoms with E-state index in [1.165, 1.54) is 12.1 Å². The van der Waals surface area contributed by atoms with Gasteiger partial charge in [0.05, 0.1) is 31.4 Å². The molecule has 7 nitrogen and oxygen atoms in total. The van der Waals surface area contributed by atoms with E-state index in [2.05, 4.69) is 33.3 Å². The van der Waals surface area contributed by atoms with E-state index in [9.17, 15) is 9.50 Å². The number of hydrogen-bond acceptors (Lipinski definition) is 6. The van der Waals surface area contributed by atoms with Crippen molar-refractivity contribution in [1.82, 2.24) is 14.5 Å². The quantitative estimate of drug-likeness (QED) is 0.717. The summed E-state index contributed by atoms with van der Waals surface area (Å²) in [7, 11) is 1.64. The minimum atomic E-state index is -0.762. The lowest BCUT2D eigenvalue weighted by Crippen LogP contribution is -2.47. The summed E-state index contributed by atoms with van der Waals surface area (Å²) in [5.41, 5.74) is 2.64. The van der Waals surface area contributed by atoms with Gasteiger partial charge in [-0.05, 0) is 42.7 Å². The molecule has 3 aliphatic rings. The van der Waals surface area contributed by atoms with E-state index in [-0.39, 0.29) is 18.3 Å². The number of halogens is 1. The molecular weight excluding hydrogens is 435 g/mol. The summed E-state index contributed by atoms with van der Waals surface area (Å²) in [6, 6.07) is 6.40. The summed E-state index contributed by atoms with van der Waals surface area (Å²) >= 11 is 0. The minimum Gasteiger partial charge on any atom is -0.495 e. The number of piperidine rings is 1. The van der Waals surface area contributed by atoms with Crippen LogP contribution < -0.4 is 0 Å². The van der Waals surface area contributed by atoms with Crippen LogP contribution in [0.4, 0.5) is 4.39 Å². The number of allylic oxidation sites excluding steroid dienone is 6. The summed E-state index contributed by atoms with van der Waals surface area (Å²) in [6.45, 7) is 2.67. The third-order valence-corrected chi connectivity index (χ3v) is 6.46. The molecule has 1 aliphatic carbocycles. The molecule has 2 aliphatic heterocycles. The van der Waals surface area contributed by atoms with Crippen LogP contribution in [-0.2, 0) is 21.9 Å². The Morgan fingerprint density at radius 3 is 2.79 bits per heavy atom. The van der Waals surface area contributed by atoms with Gasteiger partial charge in [0.15, 0.2) is 5.84 Å². The Hall–Kier alpha value is -3.65. The van der Waals surface area contributed by atoms with Crippen molar-refractivity contribution in [3.05, 3.63) is 95.6 Å². The number of amidine groups is 1. The van der Waals surface area contributed by atoms with Crippen molar-refractivity contribution in [1.29, 1.82) is 0 Å². The maximum atomic E-state index is 13.5. The van der Waals surface area contributed by atoms with Crippen molar-refractivity contribution < 1.29 is 19.1 Å². The van der Waals surface area contributed by atoms with Gasteiger partial charge in [0.2, 0.25) is 5.72 Å².